The SMILES string of the molecule is O=C(Nc1cnn(C[C@H]2COc3ccccc3O2)c1)c1ccccc1Cl. The van der Waals surface area contributed by atoms with E-state index >= 15 is 0 Å². The normalized spacial score (nSPS) is 15.5. The molecule has 0 bridgehead atoms. The third-order valence-corrected chi connectivity index (χ3v) is 4.30. The van der Waals surface area contributed by atoms with E-state index in [0.29, 0.717) is 29.4 Å². The average Bonchev–Trinajstić information content (AvgIpc) is 3.08. The average molecular weight is 370 g/mol. The van der Waals surface area contributed by atoms with Gasteiger partial charge in [0.25, 0.3) is 5.91 Å². The first-order valence-corrected chi connectivity index (χ1v) is 8.53. The standard InChI is InChI=1S/C19H16ClN3O3/c20-16-6-2-1-5-15(16)19(24)22-13-9-21-23(10-13)11-14-12-25-17-7-3-4-8-18(17)26-14/h1-10,14H,11-12H2,(H,22,24)/t14-/m0/s1. The molecule has 0 aliphatic carbocycles. The number of rotatable bonds is 4. The van der Waals surface area contributed by atoms with Gasteiger partial charge in [0.1, 0.15) is 6.61 Å². The fourth-order valence-electron chi connectivity index (χ4n) is 2.73. The summed E-state index contributed by atoms with van der Waals surface area (Å²) in [5.74, 6) is 1.20. The lowest BCUT2D eigenvalue weighted by molar-refractivity contribution is 0.0759. The number of amides is 1. The minimum atomic E-state index is -0.277. The number of aromatic nitrogens is 2. The van der Waals surface area contributed by atoms with Crippen LogP contribution in [-0.4, -0.2) is 28.4 Å². The third kappa shape index (κ3) is 3.50. The number of benzene rings is 2. The molecule has 0 radical (unpaired) electrons. The summed E-state index contributed by atoms with van der Waals surface area (Å²) in [5, 5.41) is 7.47. The predicted octanol–water partition coefficient (Wildman–Crippen LogP) is 3.63. The molecule has 1 aliphatic rings. The Balaban J connectivity index is 1.40. The summed E-state index contributed by atoms with van der Waals surface area (Å²) in [7, 11) is 0. The molecule has 1 amide bonds. The minimum absolute atomic E-state index is 0.156. The molecule has 1 aromatic heterocycles. The second-order valence-electron chi connectivity index (χ2n) is 5.88. The molecule has 0 spiro atoms. The summed E-state index contributed by atoms with van der Waals surface area (Å²) < 4.78 is 13.3. The van der Waals surface area contributed by atoms with Gasteiger partial charge in [-0.1, -0.05) is 35.9 Å². The summed E-state index contributed by atoms with van der Waals surface area (Å²) in [6.07, 6.45) is 3.18. The number of anilines is 1. The maximum absolute atomic E-state index is 12.3. The molecule has 0 saturated heterocycles. The Hall–Kier alpha value is -2.99. The zero-order valence-electron chi connectivity index (χ0n) is 13.8. The Morgan fingerprint density at radius 2 is 1.96 bits per heavy atom. The Labute approximate surface area is 155 Å². The molecule has 26 heavy (non-hydrogen) atoms. The maximum atomic E-state index is 12.3. The van der Waals surface area contributed by atoms with Crippen LogP contribution in [0.15, 0.2) is 60.9 Å². The molecule has 3 aromatic rings. The molecule has 1 N–H and O–H groups in total. The van der Waals surface area contributed by atoms with Crippen LogP contribution in [-0.2, 0) is 6.54 Å². The molecule has 0 unspecified atom stereocenters. The van der Waals surface area contributed by atoms with Gasteiger partial charge in [-0.05, 0) is 24.3 Å². The zero-order valence-corrected chi connectivity index (χ0v) is 14.5. The van der Waals surface area contributed by atoms with Crippen molar-refractivity contribution in [2.75, 3.05) is 11.9 Å². The number of para-hydroxylation sites is 2. The largest absolute Gasteiger partial charge is 0.486 e. The maximum Gasteiger partial charge on any atom is 0.257 e. The highest BCUT2D eigenvalue weighted by Crippen LogP contribution is 2.31. The summed E-state index contributed by atoms with van der Waals surface area (Å²) >= 11 is 6.05. The van der Waals surface area contributed by atoms with Crippen molar-refractivity contribution in [2.24, 2.45) is 0 Å². The van der Waals surface area contributed by atoms with Gasteiger partial charge in [-0.3, -0.25) is 9.48 Å². The van der Waals surface area contributed by atoms with E-state index in [1.54, 1.807) is 41.3 Å². The third-order valence-electron chi connectivity index (χ3n) is 3.97. The van der Waals surface area contributed by atoms with Crippen molar-refractivity contribution in [3.63, 3.8) is 0 Å². The molecule has 1 aliphatic heterocycles. The predicted molar refractivity (Wildman–Crippen MR) is 98.0 cm³/mol. The van der Waals surface area contributed by atoms with Crippen LogP contribution in [0.25, 0.3) is 0 Å². The van der Waals surface area contributed by atoms with Crippen molar-refractivity contribution in [3.05, 3.63) is 71.5 Å². The van der Waals surface area contributed by atoms with E-state index < -0.39 is 0 Å². The highest BCUT2D eigenvalue weighted by atomic mass is 35.5. The van der Waals surface area contributed by atoms with Crippen LogP contribution < -0.4 is 14.8 Å². The van der Waals surface area contributed by atoms with Crippen LogP contribution in [0.3, 0.4) is 0 Å². The Morgan fingerprint density at radius 3 is 2.81 bits per heavy atom. The number of ether oxygens (including phenoxy) is 2. The lowest BCUT2D eigenvalue weighted by Crippen LogP contribution is -2.33. The number of hydrogen-bond donors (Lipinski definition) is 1. The second kappa shape index (κ2) is 7.09. The first-order valence-electron chi connectivity index (χ1n) is 8.16. The van der Waals surface area contributed by atoms with E-state index in [9.17, 15) is 4.79 Å². The number of carbonyl (C=O) groups excluding carboxylic acids is 1. The lowest BCUT2D eigenvalue weighted by Gasteiger charge is -2.26. The molecular formula is C19H16ClN3O3. The van der Waals surface area contributed by atoms with Crippen LogP contribution in [0.2, 0.25) is 5.02 Å². The smallest absolute Gasteiger partial charge is 0.257 e. The van der Waals surface area contributed by atoms with Crippen LogP contribution in [0, 0.1) is 0 Å². The van der Waals surface area contributed by atoms with Crippen molar-refractivity contribution in [3.8, 4) is 11.5 Å². The molecule has 2 aromatic carbocycles. The first kappa shape index (κ1) is 16.5. The summed E-state index contributed by atoms with van der Waals surface area (Å²) in [4.78, 5) is 12.3. The topological polar surface area (TPSA) is 65.4 Å². The van der Waals surface area contributed by atoms with Gasteiger partial charge in [0.2, 0.25) is 0 Å². The number of halogens is 1. The van der Waals surface area contributed by atoms with E-state index in [-0.39, 0.29) is 12.0 Å². The van der Waals surface area contributed by atoms with Gasteiger partial charge in [-0.15, -0.1) is 0 Å². The Kier molecular flexibility index (Phi) is 4.50. The first-order chi connectivity index (χ1) is 12.7. The second-order valence-corrected chi connectivity index (χ2v) is 6.29. The van der Waals surface area contributed by atoms with Crippen LogP contribution in [0.4, 0.5) is 5.69 Å². The van der Waals surface area contributed by atoms with Crippen molar-refractivity contribution >= 4 is 23.2 Å². The van der Waals surface area contributed by atoms with Crippen LogP contribution in [0.1, 0.15) is 10.4 Å². The van der Waals surface area contributed by atoms with Gasteiger partial charge >= 0.3 is 0 Å². The lowest BCUT2D eigenvalue weighted by atomic mass is 10.2. The molecule has 0 saturated carbocycles. The fourth-order valence-corrected chi connectivity index (χ4v) is 2.95. The van der Waals surface area contributed by atoms with E-state index in [1.807, 2.05) is 24.3 Å². The summed E-state index contributed by atoms with van der Waals surface area (Å²) in [6.45, 7) is 0.953. The molecule has 0 fully saturated rings. The van der Waals surface area contributed by atoms with E-state index in [2.05, 4.69) is 10.4 Å². The Morgan fingerprint density at radius 1 is 1.19 bits per heavy atom. The number of nitrogens with zero attached hydrogens (tertiary/aromatic N) is 2. The van der Waals surface area contributed by atoms with Gasteiger partial charge < -0.3 is 14.8 Å². The number of fused-ring (bicyclic) bond motifs is 1. The summed E-state index contributed by atoms with van der Waals surface area (Å²) in [6, 6.07) is 14.5. The van der Waals surface area contributed by atoms with Gasteiger partial charge in [0.15, 0.2) is 17.6 Å². The van der Waals surface area contributed by atoms with E-state index in [0.717, 1.165) is 11.5 Å². The van der Waals surface area contributed by atoms with Gasteiger partial charge in [0, 0.05) is 6.20 Å². The van der Waals surface area contributed by atoms with E-state index in [1.165, 1.54) is 0 Å². The van der Waals surface area contributed by atoms with Gasteiger partial charge in [-0.25, -0.2) is 0 Å². The molecule has 4 rings (SSSR count). The van der Waals surface area contributed by atoms with Crippen molar-refractivity contribution in [1.29, 1.82) is 0 Å². The highest BCUT2D eigenvalue weighted by molar-refractivity contribution is 6.34. The fraction of sp³-hybridized carbons (Fsp3) is 0.158. The van der Waals surface area contributed by atoms with Crippen molar-refractivity contribution in [1.82, 2.24) is 9.78 Å². The number of carbonyl (C=O) groups is 1. The monoisotopic (exact) mass is 369 g/mol. The number of nitrogens with one attached hydrogen (secondary N) is 1. The molecule has 132 valence electrons. The zero-order chi connectivity index (χ0) is 17.9. The summed E-state index contributed by atoms with van der Waals surface area (Å²) in [5.41, 5.74) is 1.01. The van der Waals surface area contributed by atoms with Gasteiger partial charge in [-0.2, -0.15) is 5.10 Å². The molecule has 2 heterocycles. The molecule has 1 atom stereocenters. The Bertz CT molecular complexity index is 941. The van der Waals surface area contributed by atoms with Gasteiger partial charge in [0.05, 0.1) is 29.0 Å². The molecular weight excluding hydrogens is 354 g/mol. The highest BCUT2D eigenvalue weighted by Gasteiger charge is 2.21. The molecule has 7 heteroatoms. The van der Waals surface area contributed by atoms with Crippen molar-refractivity contribution < 1.29 is 14.3 Å². The quantitative estimate of drug-likeness (QED) is 0.762. The van der Waals surface area contributed by atoms with Crippen LogP contribution >= 0.6 is 11.6 Å². The minimum Gasteiger partial charge on any atom is -0.486 e. The van der Waals surface area contributed by atoms with Crippen LogP contribution in [0.5, 0.6) is 11.5 Å². The molecule has 6 nitrogen and oxygen atoms in total. The number of hydrogen-bond acceptors (Lipinski definition) is 4. The van der Waals surface area contributed by atoms with Crippen molar-refractivity contribution in [2.45, 2.75) is 12.6 Å². The van der Waals surface area contributed by atoms with E-state index in [4.69, 9.17) is 21.1 Å².